The van der Waals surface area contributed by atoms with E-state index in [-0.39, 0.29) is 29.4 Å². The van der Waals surface area contributed by atoms with Crippen molar-refractivity contribution in [3.8, 4) is 0 Å². The van der Waals surface area contributed by atoms with Gasteiger partial charge in [-0.1, -0.05) is 43.7 Å². The molecule has 0 aliphatic carbocycles. The first-order chi connectivity index (χ1) is 15.0. The first-order valence-corrected chi connectivity index (χ1v) is 10.5. The summed E-state index contributed by atoms with van der Waals surface area (Å²) in [6.07, 6.45) is 5.12. The SMILES string of the molecule is CCCC(C(=O)NCC)c1ccc2nc(N)nc(C(=O)n3cc4ccccc4c3)c2c1. The predicted octanol–water partition coefficient (Wildman–Crippen LogP) is 3.88. The number of nitrogen functional groups attached to an aromatic ring is 1. The Hall–Kier alpha value is -3.74. The molecular weight excluding hydrogens is 390 g/mol. The summed E-state index contributed by atoms with van der Waals surface area (Å²) >= 11 is 0. The van der Waals surface area contributed by atoms with E-state index in [9.17, 15) is 9.59 Å². The summed E-state index contributed by atoms with van der Waals surface area (Å²) in [5.41, 5.74) is 7.52. The molecule has 0 saturated heterocycles. The van der Waals surface area contributed by atoms with Gasteiger partial charge in [-0.2, -0.15) is 0 Å². The Morgan fingerprint density at radius 2 is 1.77 bits per heavy atom. The molecule has 3 N–H and O–H groups in total. The molecule has 4 rings (SSSR count). The zero-order valence-electron chi connectivity index (χ0n) is 17.6. The average molecular weight is 415 g/mol. The van der Waals surface area contributed by atoms with E-state index >= 15 is 0 Å². The molecule has 2 heterocycles. The topological polar surface area (TPSA) is 103 Å². The Morgan fingerprint density at radius 3 is 2.42 bits per heavy atom. The van der Waals surface area contributed by atoms with Crippen molar-refractivity contribution in [1.29, 1.82) is 0 Å². The second kappa shape index (κ2) is 8.55. The summed E-state index contributed by atoms with van der Waals surface area (Å²) < 4.78 is 1.52. The van der Waals surface area contributed by atoms with Crippen LogP contribution in [0.4, 0.5) is 5.95 Å². The van der Waals surface area contributed by atoms with Crippen LogP contribution >= 0.6 is 0 Å². The summed E-state index contributed by atoms with van der Waals surface area (Å²) in [6, 6.07) is 13.3. The summed E-state index contributed by atoms with van der Waals surface area (Å²) in [6.45, 7) is 4.51. The smallest absolute Gasteiger partial charge is 0.281 e. The van der Waals surface area contributed by atoms with E-state index in [1.165, 1.54) is 4.57 Å². The Morgan fingerprint density at radius 1 is 1.06 bits per heavy atom. The molecule has 7 nitrogen and oxygen atoms in total. The molecule has 2 aromatic carbocycles. The third kappa shape index (κ3) is 3.99. The molecule has 0 fully saturated rings. The molecule has 0 aliphatic rings. The minimum Gasteiger partial charge on any atom is -0.368 e. The summed E-state index contributed by atoms with van der Waals surface area (Å²) in [5, 5.41) is 5.41. The maximum Gasteiger partial charge on any atom is 0.281 e. The zero-order valence-corrected chi connectivity index (χ0v) is 17.6. The van der Waals surface area contributed by atoms with Gasteiger partial charge in [-0.15, -0.1) is 0 Å². The van der Waals surface area contributed by atoms with Gasteiger partial charge in [-0.05, 0) is 41.8 Å². The van der Waals surface area contributed by atoms with Gasteiger partial charge in [0.05, 0.1) is 11.4 Å². The lowest BCUT2D eigenvalue weighted by Crippen LogP contribution is -2.29. The molecule has 0 radical (unpaired) electrons. The van der Waals surface area contributed by atoms with E-state index in [1.54, 1.807) is 18.5 Å². The van der Waals surface area contributed by atoms with Gasteiger partial charge < -0.3 is 11.1 Å². The lowest BCUT2D eigenvalue weighted by Gasteiger charge is -2.17. The fourth-order valence-corrected chi connectivity index (χ4v) is 3.90. The highest BCUT2D eigenvalue weighted by atomic mass is 16.2. The van der Waals surface area contributed by atoms with Crippen LogP contribution in [0.2, 0.25) is 0 Å². The molecule has 1 atom stereocenters. The van der Waals surface area contributed by atoms with Gasteiger partial charge in [0.1, 0.15) is 5.69 Å². The maximum atomic E-state index is 13.4. The molecule has 31 heavy (non-hydrogen) atoms. The number of amides is 1. The predicted molar refractivity (Wildman–Crippen MR) is 122 cm³/mol. The Labute approximate surface area is 180 Å². The molecule has 0 aliphatic heterocycles. The number of hydrogen-bond acceptors (Lipinski definition) is 5. The summed E-state index contributed by atoms with van der Waals surface area (Å²) in [5.74, 6) is -0.583. The number of fused-ring (bicyclic) bond motifs is 2. The lowest BCUT2D eigenvalue weighted by atomic mass is 9.92. The van der Waals surface area contributed by atoms with Crippen molar-refractivity contribution in [2.75, 3.05) is 12.3 Å². The van der Waals surface area contributed by atoms with E-state index in [0.717, 1.165) is 22.8 Å². The molecule has 0 spiro atoms. The van der Waals surface area contributed by atoms with Crippen molar-refractivity contribution >= 4 is 39.4 Å². The number of nitrogens with one attached hydrogen (secondary N) is 1. The molecule has 158 valence electrons. The Kier molecular flexibility index (Phi) is 5.66. The van der Waals surface area contributed by atoms with Gasteiger partial charge in [-0.3, -0.25) is 14.2 Å². The number of nitrogens with two attached hydrogens (primary N) is 1. The number of hydrogen-bond donors (Lipinski definition) is 2. The minimum absolute atomic E-state index is 0.0235. The van der Waals surface area contributed by atoms with Gasteiger partial charge in [0.2, 0.25) is 11.9 Å². The van der Waals surface area contributed by atoms with E-state index in [4.69, 9.17) is 5.73 Å². The molecule has 4 aromatic rings. The lowest BCUT2D eigenvalue weighted by molar-refractivity contribution is -0.122. The third-order valence-corrected chi connectivity index (χ3v) is 5.37. The highest BCUT2D eigenvalue weighted by Crippen LogP contribution is 2.27. The monoisotopic (exact) mass is 415 g/mol. The Bertz CT molecular complexity index is 1240. The van der Waals surface area contributed by atoms with Crippen LogP contribution < -0.4 is 11.1 Å². The average Bonchev–Trinajstić information content (AvgIpc) is 3.20. The fourth-order valence-electron chi connectivity index (χ4n) is 3.90. The molecule has 7 heteroatoms. The van der Waals surface area contributed by atoms with Gasteiger partial charge in [0.15, 0.2) is 0 Å². The molecular formula is C24H25N5O2. The van der Waals surface area contributed by atoms with Crippen LogP contribution in [-0.2, 0) is 4.79 Å². The van der Waals surface area contributed by atoms with Crippen molar-refractivity contribution in [3.05, 3.63) is 66.1 Å². The van der Waals surface area contributed by atoms with Crippen LogP contribution in [0.25, 0.3) is 21.7 Å². The summed E-state index contributed by atoms with van der Waals surface area (Å²) in [4.78, 5) is 34.6. The largest absolute Gasteiger partial charge is 0.368 e. The number of carbonyl (C=O) groups excluding carboxylic acids is 2. The van der Waals surface area contributed by atoms with Crippen LogP contribution in [-0.4, -0.2) is 32.9 Å². The van der Waals surface area contributed by atoms with Crippen LogP contribution in [0.1, 0.15) is 48.7 Å². The van der Waals surface area contributed by atoms with Crippen LogP contribution in [0, 0.1) is 0 Å². The van der Waals surface area contributed by atoms with E-state index in [2.05, 4.69) is 15.3 Å². The molecule has 1 amide bonds. The van der Waals surface area contributed by atoms with E-state index < -0.39 is 0 Å². The van der Waals surface area contributed by atoms with Crippen LogP contribution in [0.15, 0.2) is 54.9 Å². The van der Waals surface area contributed by atoms with Gasteiger partial charge in [-0.25, -0.2) is 9.97 Å². The fraction of sp³-hybridized carbons (Fsp3) is 0.250. The van der Waals surface area contributed by atoms with Crippen molar-refractivity contribution in [2.24, 2.45) is 0 Å². The maximum absolute atomic E-state index is 13.4. The summed E-state index contributed by atoms with van der Waals surface area (Å²) in [7, 11) is 0. The Balaban J connectivity index is 1.83. The normalized spacial score (nSPS) is 12.2. The van der Waals surface area contributed by atoms with Crippen molar-refractivity contribution in [2.45, 2.75) is 32.6 Å². The quantitative estimate of drug-likeness (QED) is 0.497. The highest BCUT2D eigenvalue weighted by Gasteiger charge is 2.22. The van der Waals surface area contributed by atoms with Gasteiger partial charge in [0.25, 0.3) is 5.91 Å². The van der Waals surface area contributed by atoms with Crippen molar-refractivity contribution in [3.63, 3.8) is 0 Å². The molecule has 0 saturated carbocycles. The van der Waals surface area contributed by atoms with Crippen LogP contribution in [0.3, 0.4) is 0 Å². The number of anilines is 1. The third-order valence-electron chi connectivity index (χ3n) is 5.37. The number of rotatable bonds is 6. The molecule has 0 bridgehead atoms. The highest BCUT2D eigenvalue weighted by molar-refractivity contribution is 6.07. The van der Waals surface area contributed by atoms with E-state index in [1.807, 2.05) is 50.2 Å². The van der Waals surface area contributed by atoms with E-state index in [0.29, 0.717) is 23.9 Å². The number of aromatic nitrogens is 3. The number of nitrogens with zero attached hydrogens (tertiary/aromatic N) is 3. The zero-order chi connectivity index (χ0) is 22.0. The second-order valence-electron chi connectivity index (χ2n) is 7.54. The molecule has 1 unspecified atom stereocenters. The number of likely N-dealkylation sites (N-methyl/N-ethyl adjacent to an activating group) is 1. The van der Waals surface area contributed by atoms with Gasteiger partial charge >= 0.3 is 0 Å². The molecule has 2 aromatic heterocycles. The van der Waals surface area contributed by atoms with Gasteiger partial charge in [0, 0.05) is 24.3 Å². The minimum atomic E-state index is -0.302. The van der Waals surface area contributed by atoms with Crippen molar-refractivity contribution in [1.82, 2.24) is 19.9 Å². The second-order valence-corrected chi connectivity index (χ2v) is 7.54. The number of carbonyl (C=O) groups is 2. The number of benzene rings is 2. The first kappa shape index (κ1) is 20.5. The van der Waals surface area contributed by atoms with Crippen molar-refractivity contribution < 1.29 is 9.59 Å². The standard InChI is InChI=1S/C24H25N5O2/c1-3-7-18(22(30)26-4-2)15-10-11-20-19(12-15)21(28-24(25)27-20)23(31)29-13-16-8-5-6-9-17(16)14-29/h5-6,8-14,18H,3-4,7H2,1-2H3,(H,26,30)(H2,25,27,28). The first-order valence-electron chi connectivity index (χ1n) is 10.5. The van der Waals surface area contributed by atoms with Crippen LogP contribution in [0.5, 0.6) is 0 Å².